The summed E-state index contributed by atoms with van der Waals surface area (Å²) < 4.78 is 10.3. The number of esters is 1. The zero-order valence-electron chi connectivity index (χ0n) is 11.6. The van der Waals surface area contributed by atoms with Crippen LogP contribution in [0.2, 0.25) is 0 Å². The van der Waals surface area contributed by atoms with Gasteiger partial charge in [0.05, 0.1) is 13.0 Å². The number of rotatable bonds is 2. The van der Waals surface area contributed by atoms with Crippen LogP contribution in [0.5, 0.6) is 0 Å². The van der Waals surface area contributed by atoms with Crippen molar-refractivity contribution in [2.75, 3.05) is 7.11 Å². The number of carbonyl (C=O) groups is 2. The minimum absolute atomic E-state index is 0.00671. The van der Waals surface area contributed by atoms with Crippen LogP contribution in [-0.4, -0.2) is 18.9 Å². The molecule has 1 heterocycles. The van der Waals surface area contributed by atoms with Crippen molar-refractivity contribution in [1.29, 1.82) is 0 Å². The smallest absolute Gasteiger partial charge is 0.340 e. The van der Waals surface area contributed by atoms with Crippen molar-refractivity contribution in [1.82, 2.24) is 0 Å². The molecular formula is C16H15NO4. The Balaban J connectivity index is 2.17. The van der Waals surface area contributed by atoms with Crippen LogP contribution in [0, 0.1) is 0 Å². The lowest BCUT2D eigenvalue weighted by Crippen LogP contribution is -2.27. The van der Waals surface area contributed by atoms with Gasteiger partial charge in [-0.05, 0) is 5.56 Å². The van der Waals surface area contributed by atoms with Crippen LogP contribution in [0.4, 0.5) is 0 Å². The molecule has 1 aromatic rings. The largest absolute Gasteiger partial charge is 0.465 e. The highest BCUT2D eigenvalue weighted by molar-refractivity contribution is 6.04. The van der Waals surface area contributed by atoms with Crippen molar-refractivity contribution in [2.45, 2.75) is 18.8 Å². The number of hydrogen-bond donors (Lipinski definition) is 1. The van der Waals surface area contributed by atoms with E-state index in [9.17, 15) is 9.59 Å². The highest BCUT2D eigenvalue weighted by Gasteiger charge is 2.42. The van der Waals surface area contributed by atoms with Crippen molar-refractivity contribution in [3.05, 3.63) is 58.7 Å². The van der Waals surface area contributed by atoms with Crippen LogP contribution in [0.15, 0.2) is 53.1 Å². The number of benzene rings is 1. The third-order valence-corrected chi connectivity index (χ3v) is 3.79. The topological polar surface area (TPSA) is 78.6 Å². The van der Waals surface area contributed by atoms with E-state index in [0.29, 0.717) is 24.2 Å². The van der Waals surface area contributed by atoms with E-state index in [1.165, 1.54) is 7.11 Å². The lowest BCUT2D eigenvalue weighted by molar-refractivity contribution is -0.136. The van der Waals surface area contributed by atoms with Gasteiger partial charge in [0.1, 0.15) is 11.3 Å². The Morgan fingerprint density at radius 1 is 1.29 bits per heavy atom. The number of hydrogen-bond acceptors (Lipinski definition) is 5. The molecule has 1 aliphatic carbocycles. The second-order valence-corrected chi connectivity index (χ2v) is 4.98. The van der Waals surface area contributed by atoms with E-state index in [2.05, 4.69) is 0 Å². The molecule has 21 heavy (non-hydrogen) atoms. The zero-order chi connectivity index (χ0) is 15.0. The molecule has 5 heteroatoms. The van der Waals surface area contributed by atoms with E-state index in [4.69, 9.17) is 15.2 Å². The monoisotopic (exact) mass is 285 g/mol. The van der Waals surface area contributed by atoms with E-state index < -0.39 is 11.9 Å². The maximum atomic E-state index is 12.2. The Bertz CT molecular complexity index is 673. The molecule has 0 radical (unpaired) electrons. The maximum absolute atomic E-state index is 12.2. The summed E-state index contributed by atoms with van der Waals surface area (Å²) in [4.78, 5) is 24.3. The van der Waals surface area contributed by atoms with Crippen LogP contribution in [0.3, 0.4) is 0 Å². The molecule has 0 unspecified atom stereocenters. The highest BCUT2D eigenvalue weighted by atomic mass is 16.5. The summed E-state index contributed by atoms with van der Waals surface area (Å²) >= 11 is 0. The van der Waals surface area contributed by atoms with Gasteiger partial charge >= 0.3 is 5.97 Å². The average molecular weight is 285 g/mol. The van der Waals surface area contributed by atoms with Crippen molar-refractivity contribution in [3.63, 3.8) is 0 Å². The minimum atomic E-state index is -0.576. The molecule has 3 rings (SSSR count). The fraction of sp³-hybridized carbons (Fsp3) is 0.250. The lowest BCUT2D eigenvalue weighted by Gasteiger charge is -2.27. The first-order valence-electron chi connectivity index (χ1n) is 6.70. The number of allylic oxidation sites excluding steroid dienone is 2. The van der Waals surface area contributed by atoms with Gasteiger partial charge in [0.25, 0.3) is 0 Å². The van der Waals surface area contributed by atoms with Crippen LogP contribution in [0.1, 0.15) is 24.3 Å². The van der Waals surface area contributed by atoms with Crippen LogP contribution in [0.25, 0.3) is 0 Å². The third-order valence-electron chi connectivity index (χ3n) is 3.79. The molecule has 0 amide bonds. The highest BCUT2D eigenvalue weighted by Crippen LogP contribution is 2.44. The molecule has 0 aromatic heterocycles. The molecule has 2 N–H and O–H groups in total. The summed E-state index contributed by atoms with van der Waals surface area (Å²) in [6.45, 7) is 0. The van der Waals surface area contributed by atoms with E-state index in [0.717, 1.165) is 5.56 Å². The van der Waals surface area contributed by atoms with Gasteiger partial charge in [0.2, 0.25) is 5.88 Å². The first kappa shape index (κ1) is 13.4. The van der Waals surface area contributed by atoms with Crippen molar-refractivity contribution < 1.29 is 19.1 Å². The molecule has 0 spiro atoms. The maximum Gasteiger partial charge on any atom is 0.340 e. The molecule has 1 aromatic carbocycles. The number of ketones is 1. The van der Waals surface area contributed by atoms with Crippen molar-refractivity contribution >= 4 is 11.8 Å². The Hall–Kier alpha value is -2.56. The first-order chi connectivity index (χ1) is 10.1. The first-order valence-corrected chi connectivity index (χ1v) is 6.70. The molecule has 0 fully saturated rings. The predicted molar refractivity (Wildman–Crippen MR) is 74.8 cm³/mol. The number of Topliss-reactive ketones (excluding diaryl/α,β-unsaturated/α-hetero) is 1. The SMILES string of the molecule is COC(=O)C1=C(N)OC2=C(C(=O)CC2)[C@@H]1c1ccccc1. The number of carbonyl (C=O) groups excluding carboxylic acids is 2. The Morgan fingerprint density at radius 3 is 2.67 bits per heavy atom. The van der Waals surface area contributed by atoms with Gasteiger partial charge < -0.3 is 15.2 Å². The number of ether oxygens (including phenoxy) is 2. The summed E-state index contributed by atoms with van der Waals surface area (Å²) in [5.74, 6) is -0.513. The van der Waals surface area contributed by atoms with Crippen molar-refractivity contribution in [2.24, 2.45) is 5.73 Å². The summed E-state index contributed by atoms with van der Waals surface area (Å²) in [5.41, 5.74) is 7.44. The van der Waals surface area contributed by atoms with E-state index >= 15 is 0 Å². The standard InChI is InChI=1S/C16H15NO4/c1-20-16(19)14-12(9-5-3-2-4-6-9)13-10(18)7-8-11(13)21-15(14)17/h2-6,12H,7-8,17H2,1H3/t12-/m0/s1. The predicted octanol–water partition coefficient (Wildman–Crippen LogP) is 1.76. The van der Waals surface area contributed by atoms with Gasteiger partial charge in [-0.3, -0.25) is 4.79 Å². The molecule has 0 saturated carbocycles. The van der Waals surface area contributed by atoms with Gasteiger partial charge in [-0.15, -0.1) is 0 Å². The fourth-order valence-corrected chi connectivity index (χ4v) is 2.86. The number of nitrogens with two attached hydrogens (primary N) is 1. The summed E-state index contributed by atoms with van der Waals surface area (Å²) in [6, 6.07) is 9.31. The normalized spacial score (nSPS) is 21.2. The van der Waals surface area contributed by atoms with E-state index in [-0.39, 0.29) is 17.2 Å². The molecular weight excluding hydrogens is 270 g/mol. The fourth-order valence-electron chi connectivity index (χ4n) is 2.86. The van der Waals surface area contributed by atoms with Gasteiger partial charge in [0, 0.05) is 18.4 Å². The average Bonchev–Trinajstić information content (AvgIpc) is 2.87. The summed E-state index contributed by atoms with van der Waals surface area (Å²) in [6.07, 6.45) is 0.905. The van der Waals surface area contributed by atoms with Gasteiger partial charge in [0.15, 0.2) is 5.78 Å². The van der Waals surface area contributed by atoms with Crippen LogP contribution < -0.4 is 5.73 Å². The van der Waals surface area contributed by atoms with Crippen molar-refractivity contribution in [3.8, 4) is 0 Å². The number of methoxy groups -OCH3 is 1. The van der Waals surface area contributed by atoms with E-state index in [1.807, 2.05) is 30.3 Å². The Morgan fingerprint density at radius 2 is 2.00 bits per heavy atom. The summed E-state index contributed by atoms with van der Waals surface area (Å²) in [7, 11) is 1.28. The second-order valence-electron chi connectivity index (χ2n) is 4.98. The molecule has 0 bridgehead atoms. The quantitative estimate of drug-likeness (QED) is 0.838. The summed E-state index contributed by atoms with van der Waals surface area (Å²) in [5, 5.41) is 0. The molecule has 5 nitrogen and oxygen atoms in total. The molecule has 1 aliphatic heterocycles. The molecule has 2 aliphatic rings. The zero-order valence-corrected chi connectivity index (χ0v) is 11.6. The van der Waals surface area contributed by atoms with Crippen LogP contribution in [-0.2, 0) is 19.1 Å². The third kappa shape index (κ3) is 2.11. The van der Waals surface area contributed by atoms with Crippen LogP contribution >= 0.6 is 0 Å². The van der Waals surface area contributed by atoms with E-state index in [1.54, 1.807) is 0 Å². The van der Waals surface area contributed by atoms with Gasteiger partial charge in [-0.25, -0.2) is 4.79 Å². The molecule has 108 valence electrons. The Kier molecular flexibility index (Phi) is 3.25. The minimum Gasteiger partial charge on any atom is -0.465 e. The molecule has 0 saturated heterocycles. The lowest BCUT2D eigenvalue weighted by atomic mass is 9.82. The van der Waals surface area contributed by atoms with Gasteiger partial charge in [-0.1, -0.05) is 30.3 Å². The van der Waals surface area contributed by atoms with Gasteiger partial charge in [-0.2, -0.15) is 0 Å². The Labute approximate surface area is 122 Å². The second kappa shape index (κ2) is 5.09. The molecule has 1 atom stereocenters.